The third-order valence-electron chi connectivity index (χ3n) is 6.90. The molecule has 5 fully saturated rings. The zero-order chi connectivity index (χ0) is 15.4. The number of halogens is 1. The van der Waals surface area contributed by atoms with Crippen molar-refractivity contribution in [1.29, 1.82) is 0 Å². The van der Waals surface area contributed by atoms with Gasteiger partial charge in [0, 0.05) is 10.4 Å². The average molecular weight is 370 g/mol. The van der Waals surface area contributed by atoms with Gasteiger partial charge in [-0.05, 0) is 68.6 Å². The molecule has 0 heterocycles. The van der Waals surface area contributed by atoms with Crippen molar-refractivity contribution >= 4 is 21.9 Å². The molecule has 5 saturated carbocycles. The molecule has 0 amide bonds. The lowest BCUT2D eigenvalue weighted by Gasteiger charge is -2.62. The summed E-state index contributed by atoms with van der Waals surface area (Å²) < 4.78 is 0.235. The molecule has 0 saturated heterocycles. The summed E-state index contributed by atoms with van der Waals surface area (Å²) >= 11 is 4.01. The van der Waals surface area contributed by atoms with Crippen LogP contribution in [0.5, 0.6) is 0 Å². The smallest absolute Gasteiger partial charge is 0.321 e. The highest BCUT2D eigenvalue weighted by Gasteiger charge is 2.60. The summed E-state index contributed by atoms with van der Waals surface area (Å²) in [7, 11) is 0. The van der Waals surface area contributed by atoms with Gasteiger partial charge in [0.25, 0.3) is 0 Å². The molecule has 0 aliphatic heterocycles. The van der Waals surface area contributed by atoms with Crippen LogP contribution in [0.2, 0.25) is 0 Å². The number of hydrogen-bond acceptors (Lipinski definition) is 2. The van der Waals surface area contributed by atoms with Crippen molar-refractivity contribution in [3.8, 4) is 0 Å². The Kier molecular flexibility index (Phi) is 3.84. The van der Waals surface area contributed by atoms with Crippen LogP contribution in [0.3, 0.4) is 0 Å². The van der Waals surface area contributed by atoms with Crippen molar-refractivity contribution in [3.63, 3.8) is 0 Å². The van der Waals surface area contributed by atoms with E-state index in [1.54, 1.807) is 0 Å². The zero-order valence-electron chi connectivity index (χ0n) is 13.3. The first-order valence-electron chi connectivity index (χ1n) is 9.16. The second kappa shape index (κ2) is 5.47. The number of alkyl halides is 1. The fourth-order valence-electron chi connectivity index (χ4n) is 6.57. The number of carboxylic acids is 1. The number of carbonyl (C=O) groups is 1. The van der Waals surface area contributed by atoms with E-state index in [1.807, 2.05) is 0 Å². The first-order chi connectivity index (χ1) is 10.5. The van der Waals surface area contributed by atoms with Gasteiger partial charge in [0.2, 0.25) is 0 Å². The number of nitrogens with one attached hydrogen (secondary N) is 1. The van der Waals surface area contributed by atoms with Gasteiger partial charge in [-0.15, -0.1) is 0 Å². The predicted molar refractivity (Wildman–Crippen MR) is 90.2 cm³/mol. The van der Waals surface area contributed by atoms with Gasteiger partial charge in [-0.2, -0.15) is 0 Å². The molecule has 22 heavy (non-hydrogen) atoms. The maximum absolute atomic E-state index is 12.1. The third kappa shape index (κ3) is 2.64. The van der Waals surface area contributed by atoms with Gasteiger partial charge in [-0.1, -0.05) is 35.2 Å². The van der Waals surface area contributed by atoms with E-state index >= 15 is 0 Å². The van der Waals surface area contributed by atoms with Gasteiger partial charge in [0.05, 0.1) is 0 Å². The Labute approximate surface area is 141 Å². The monoisotopic (exact) mass is 369 g/mol. The first kappa shape index (κ1) is 15.4. The van der Waals surface area contributed by atoms with Crippen LogP contribution >= 0.6 is 15.9 Å². The molecule has 0 aromatic rings. The lowest BCUT2D eigenvalue weighted by Crippen LogP contribution is -2.63. The summed E-state index contributed by atoms with van der Waals surface area (Å²) in [5.41, 5.74) is -0.00311. The van der Waals surface area contributed by atoms with Gasteiger partial charge < -0.3 is 10.4 Å². The van der Waals surface area contributed by atoms with E-state index in [2.05, 4.69) is 21.2 Å². The van der Waals surface area contributed by atoms with Crippen LogP contribution in [0.4, 0.5) is 0 Å². The molecule has 3 nitrogen and oxygen atoms in total. The minimum atomic E-state index is -0.608. The van der Waals surface area contributed by atoms with Crippen molar-refractivity contribution in [1.82, 2.24) is 5.32 Å². The molecule has 5 aliphatic rings. The highest BCUT2D eigenvalue weighted by molar-refractivity contribution is 9.10. The predicted octanol–water partition coefficient (Wildman–Crippen LogP) is 4.10. The second-order valence-electron chi connectivity index (χ2n) is 8.75. The number of carboxylic acid groups (broad SMARTS) is 1. The van der Waals surface area contributed by atoms with Crippen LogP contribution in [0.25, 0.3) is 0 Å². The summed E-state index contributed by atoms with van der Waals surface area (Å²) in [6, 6.07) is 0.0903. The maximum atomic E-state index is 12.1. The minimum absolute atomic E-state index is 0.00311. The van der Waals surface area contributed by atoms with E-state index in [-0.39, 0.29) is 15.8 Å². The second-order valence-corrected chi connectivity index (χ2v) is 10.4. The van der Waals surface area contributed by atoms with Crippen LogP contribution in [0.15, 0.2) is 0 Å². The molecular formula is C18H28BrNO2. The molecule has 2 N–H and O–H groups in total. The Balaban J connectivity index is 1.57. The van der Waals surface area contributed by atoms with E-state index < -0.39 is 5.97 Å². The van der Waals surface area contributed by atoms with Gasteiger partial charge >= 0.3 is 5.97 Å². The van der Waals surface area contributed by atoms with Gasteiger partial charge in [-0.25, -0.2) is 0 Å². The topological polar surface area (TPSA) is 49.3 Å². The molecule has 0 aromatic carbocycles. The van der Waals surface area contributed by atoms with E-state index in [9.17, 15) is 9.90 Å². The summed E-state index contributed by atoms with van der Waals surface area (Å²) in [5, 5.41) is 13.6. The Morgan fingerprint density at radius 2 is 1.73 bits per heavy atom. The summed E-state index contributed by atoms with van der Waals surface area (Å²) in [6.45, 7) is 0. The molecule has 0 unspecified atom stereocenters. The molecule has 4 bridgehead atoms. The minimum Gasteiger partial charge on any atom is -0.480 e. The maximum Gasteiger partial charge on any atom is 0.321 e. The highest BCUT2D eigenvalue weighted by Crippen LogP contribution is 2.65. The van der Waals surface area contributed by atoms with Crippen LogP contribution in [-0.2, 0) is 4.79 Å². The van der Waals surface area contributed by atoms with Crippen molar-refractivity contribution in [2.24, 2.45) is 17.3 Å². The Morgan fingerprint density at radius 1 is 1.09 bits per heavy atom. The fourth-order valence-corrected chi connectivity index (χ4v) is 8.05. The Hall–Kier alpha value is -0.0900. The molecule has 0 aromatic heterocycles. The van der Waals surface area contributed by atoms with E-state index in [0.717, 1.165) is 43.9 Å². The first-order valence-corrected chi connectivity index (χ1v) is 9.95. The Bertz CT molecular complexity index is 446. The van der Waals surface area contributed by atoms with Crippen molar-refractivity contribution in [2.45, 2.75) is 87.0 Å². The quantitative estimate of drug-likeness (QED) is 0.733. The fraction of sp³-hybridized carbons (Fsp3) is 0.944. The van der Waals surface area contributed by atoms with E-state index in [0.29, 0.717) is 6.04 Å². The molecule has 3 atom stereocenters. The lowest BCUT2D eigenvalue weighted by molar-refractivity contribution is -0.150. The van der Waals surface area contributed by atoms with Crippen molar-refractivity contribution in [2.75, 3.05) is 0 Å². The number of aliphatic carboxylic acids is 1. The number of hydrogen-bond donors (Lipinski definition) is 2. The van der Waals surface area contributed by atoms with Crippen LogP contribution in [-0.4, -0.2) is 27.5 Å². The number of rotatable bonds is 4. The molecular weight excluding hydrogens is 342 g/mol. The molecule has 5 rings (SSSR count). The van der Waals surface area contributed by atoms with Crippen LogP contribution in [0.1, 0.15) is 70.6 Å². The van der Waals surface area contributed by atoms with Crippen LogP contribution in [0, 0.1) is 17.3 Å². The van der Waals surface area contributed by atoms with Gasteiger partial charge in [0.15, 0.2) is 0 Å². The molecule has 5 aliphatic carbocycles. The van der Waals surface area contributed by atoms with Crippen LogP contribution < -0.4 is 5.32 Å². The van der Waals surface area contributed by atoms with Gasteiger partial charge in [-0.3, -0.25) is 4.79 Å². The summed E-state index contributed by atoms with van der Waals surface area (Å²) in [4.78, 5) is 12.1. The summed E-state index contributed by atoms with van der Waals surface area (Å²) in [5.74, 6) is 0.884. The van der Waals surface area contributed by atoms with Crippen molar-refractivity contribution < 1.29 is 9.90 Å². The largest absolute Gasteiger partial charge is 0.480 e. The summed E-state index contributed by atoms with van der Waals surface area (Å²) in [6.07, 6.45) is 13.3. The SMILES string of the molecule is O=C(O)[C@@H](NC1CCCCC1)C12C[C@H]3C[C@@H](CC(Br)(C3)C1)C2. The normalized spacial score (nSPS) is 45.9. The van der Waals surface area contributed by atoms with Crippen molar-refractivity contribution in [3.05, 3.63) is 0 Å². The van der Waals surface area contributed by atoms with E-state index in [1.165, 1.54) is 38.5 Å². The average Bonchev–Trinajstić information content (AvgIpc) is 2.42. The molecule has 0 radical (unpaired) electrons. The molecule has 124 valence electrons. The zero-order valence-corrected chi connectivity index (χ0v) is 14.9. The molecule has 4 heteroatoms. The third-order valence-corrected chi connectivity index (χ3v) is 7.83. The molecule has 0 spiro atoms. The standard InChI is InChI=1S/C18H28BrNO2/c19-18-9-12-6-13(10-18)8-17(7-12,11-18)15(16(21)22)20-14-4-2-1-3-5-14/h12-15,20H,1-11H2,(H,21,22)/t12-,13-,15-,17?,18?/m1/s1. The lowest BCUT2D eigenvalue weighted by atomic mass is 9.47. The van der Waals surface area contributed by atoms with Gasteiger partial charge in [0.1, 0.15) is 6.04 Å². The highest BCUT2D eigenvalue weighted by atomic mass is 79.9. The Morgan fingerprint density at radius 3 is 2.27 bits per heavy atom. The van der Waals surface area contributed by atoms with E-state index in [4.69, 9.17) is 0 Å².